The molecule has 1 aliphatic carbocycles. The van der Waals surface area contributed by atoms with E-state index in [0.717, 1.165) is 41.0 Å². The van der Waals surface area contributed by atoms with Crippen LogP contribution in [0.4, 0.5) is 5.82 Å². The molecule has 4 rings (SSSR count). The minimum Gasteiger partial charge on any atom is -0.280 e. The van der Waals surface area contributed by atoms with Gasteiger partial charge in [-0.25, -0.2) is 0 Å². The van der Waals surface area contributed by atoms with Crippen LogP contribution in [0, 0.1) is 0 Å². The Morgan fingerprint density at radius 1 is 1.44 bits per heavy atom. The highest BCUT2D eigenvalue weighted by Crippen LogP contribution is 2.43. The number of H-pyrrole nitrogens is 1. The molecule has 0 aliphatic heterocycles. The Kier molecular flexibility index (Phi) is 3.92. The van der Waals surface area contributed by atoms with Crippen LogP contribution in [0.5, 0.6) is 0 Å². The summed E-state index contributed by atoms with van der Waals surface area (Å²) in [6, 6.07) is 3.91. The lowest BCUT2D eigenvalue weighted by Crippen LogP contribution is -2.18. The van der Waals surface area contributed by atoms with Gasteiger partial charge in [-0.15, -0.1) is 11.3 Å². The summed E-state index contributed by atoms with van der Waals surface area (Å²) < 4.78 is 30.2. The van der Waals surface area contributed by atoms with Crippen LogP contribution in [0.25, 0.3) is 10.4 Å². The fourth-order valence-corrected chi connectivity index (χ4v) is 5.24. The monoisotopic (exact) mass is 377 g/mol. The lowest BCUT2D eigenvalue weighted by atomic mass is 10.1. The Balaban J connectivity index is 1.76. The van der Waals surface area contributed by atoms with E-state index in [4.69, 9.17) is 0 Å². The number of anilines is 1. The predicted molar refractivity (Wildman–Crippen MR) is 97.3 cm³/mol. The average molecular weight is 377 g/mol. The molecule has 0 aromatic carbocycles. The number of aromatic amines is 1. The van der Waals surface area contributed by atoms with Crippen LogP contribution in [0.2, 0.25) is 0 Å². The number of hydrogen-bond acceptors (Lipinski definition) is 5. The molecule has 0 saturated heterocycles. The molecule has 0 amide bonds. The fraction of sp³-hybridized carbons (Fsp3) is 0.375. The topological polar surface area (TPSA) is 92.7 Å². The van der Waals surface area contributed by atoms with E-state index >= 15 is 0 Å². The standard InChI is InChI=1S/C16H19N5O2S2/c1-3-12-14(13-5-4-8-24-13)15(19-18-12)20-25(22,23)16-11(10-6-7-10)9-17-21(16)2/h4-5,8-10H,3,6-7H2,1-2H3,(H2,18,19,20). The maximum atomic E-state index is 13.0. The van der Waals surface area contributed by atoms with Crippen LogP contribution in [0.3, 0.4) is 0 Å². The third-order valence-corrected chi connectivity index (χ3v) is 6.73. The molecule has 0 unspecified atom stereocenters. The summed E-state index contributed by atoms with van der Waals surface area (Å²) in [4.78, 5) is 0.982. The van der Waals surface area contributed by atoms with Crippen molar-refractivity contribution in [1.82, 2.24) is 20.0 Å². The normalized spacial score (nSPS) is 14.8. The Morgan fingerprint density at radius 3 is 2.88 bits per heavy atom. The van der Waals surface area contributed by atoms with E-state index in [1.54, 1.807) is 24.6 Å². The van der Waals surface area contributed by atoms with Crippen LogP contribution < -0.4 is 4.72 Å². The Hall–Kier alpha value is -2.13. The van der Waals surface area contributed by atoms with Crippen LogP contribution >= 0.6 is 11.3 Å². The van der Waals surface area contributed by atoms with E-state index in [0.29, 0.717) is 11.7 Å². The molecule has 0 atom stereocenters. The molecule has 1 saturated carbocycles. The van der Waals surface area contributed by atoms with Crippen molar-refractivity contribution in [1.29, 1.82) is 0 Å². The summed E-state index contributed by atoms with van der Waals surface area (Å²) in [6.45, 7) is 2.01. The molecule has 3 heterocycles. The third-order valence-electron chi connectivity index (χ3n) is 4.38. The Labute approximate surface area is 150 Å². The van der Waals surface area contributed by atoms with E-state index in [1.807, 2.05) is 24.4 Å². The quantitative estimate of drug-likeness (QED) is 0.690. The predicted octanol–water partition coefficient (Wildman–Crippen LogP) is 3.11. The Bertz CT molecular complexity index is 998. The van der Waals surface area contributed by atoms with Crippen LogP contribution in [-0.2, 0) is 23.5 Å². The van der Waals surface area contributed by atoms with Crippen molar-refractivity contribution >= 4 is 27.2 Å². The maximum absolute atomic E-state index is 13.0. The van der Waals surface area contributed by atoms with Crippen molar-refractivity contribution in [2.24, 2.45) is 7.05 Å². The number of rotatable bonds is 6. The molecular weight excluding hydrogens is 358 g/mol. The fourth-order valence-electron chi connectivity index (χ4n) is 3.02. The first-order valence-electron chi connectivity index (χ1n) is 8.17. The molecule has 3 aromatic heterocycles. The van der Waals surface area contributed by atoms with E-state index in [1.165, 1.54) is 4.68 Å². The van der Waals surface area contributed by atoms with Gasteiger partial charge < -0.3 is 0 Å². The van der Waals surface area contributed by atoms with Gasteiger partial charge in [0.25, 0.3) is 10.0 Å². The zero-order valence-electron chi connectivity index (χ0n) is 14.0. The summed E-state index contributed by atoms with van der Waals surface area (Å²) in [5, 5.41) is 13.5. The van der Waals surface area contributed by atoms with E-state index in [-0.39, 0.29) is 5.03 Å². The van der Waals surface area contributed by atoms with E-state index < -0.39 is 10.0 Å². The zero-order chi connectivity index (χ0) is 17.6. The lowest BCUT2D eigenvalue weighted by Gasteiger charge is -2.10. The lowest BCUT2D eigenvalue weighted by molar-refractivity contribution is 0.579. The maximum Gasteiger partial charge on any atom is 0.280 e. The number of thiophene rings is 1. The van der Waals surface area contributed by atoms with Gasteiger partial charge in [0, 0.05) is 23.2 Å². The summed E-state index contributed by atoms with van der Waals surface area (Å²) in [7, 11) is -2.12. The molecule has 9 heteroatoms. The zero-order valence-corrected chi connectivity index (χ0v) is 15.6. The van der Waals surface area contributed by atoms with Crippen molar-refractivity contribution in [2.75, 3.05) is 4.72 Å². The summed E-state index contributed by atoms with van der Waals surface area (Å²) in [6.07, 6.45) is 4.42. The smallest absolute Gasteiger partial charge is 0.280 e. The van der Waals surface area contributed by atoms with Crippen molar-refractivity contribution in [2.45, 2.75) is 37.1 Å². The van der Waals surface area contributed by atoms with E-state index in [2.05, 4.69) is 20.0 Å². The largest absolute Gasteiger partial charge is 0.280 e. The number of nitrogens with zero attached hydrogens (tertiary/aromatic N) is 3. The molecule has 132 valence electrons. The number of aryl methyl sites for hydroxylation is 2. The van der Waals surface area contributed by atoms with Gasteiger partial charge >= 0.3 is 0 Å². The van der Waals surface area contributed by atoms with Crippen molar-refractivity contribution in [3.63, 3.8) is 0 Å². The van der Waals surface area contributed by atoms with Gasteiger partial charge in [0.05, 0.1) is 11.8 Å². The van der Waals surface area contributed by atoms with Crippen LogP contribution in [0.1, 0.15) is 36.9 Å². The molecule has 7 nitrogen and oxygen atoms in total. The van der Waals surface area contributed by atoms with Crippen LogP contribution in [-0.4, -0.2) is 28.4 Å². The molecule has 1 aliphatic rings. The molecule has 0 bridgehead atoms. The summed E-state index contributed by atoms with van der Waals surface area (Å²) in [5.41, 5.74) is 2.52. The van der Waals surface area contributed by atoms with Crippen molar-refractivity contribution in [3.05, 3.63) is 35.0 Å². The SMILES string of the molecule is CCc1[nH]nc(NS(=O)(=O)c2c(C3CC3)cnn2C)c1-c1cccs1. The molecule has 1 fully saturated rings. The number of nitrogens with one attached hydrogen (secondary N) is 2. The van der Waals surface area contributed by atoms with Gasteiger partial charge in [0.1, 0.15) is 0 Å². The molecule has 2 N–H and O–H groups in total. The first kappa shape index (κ1) is 16.3. The van der Waals surface area contributed by atoms with Gasteiger partial charge in [-0.3, -0.25) is 14.5 Å². The van der Waals surface area contributed by atoms with Gasteiger partial charge in [0.15, 0.2) is 10.8 Å². The summed E-state index contributed by atoms with van der Waals surface area (Å²) >= 11 is 1.56. The second kappa shape index (κ2) is 5.99. The third kappa shape index (κ3) is 2.87. The second-order valence-corrected chi connectivity index (χ2v) is 8.71. The highest BCUT2D eigenvalue weighted by atomic mass is 32.2. The molecule has 3 aromatic rings. The molecule has 25 heavy (non-hydrogen) atoms. The average Bonchev–Trinajstić information content (AvgIpc) is 2.97. The minimum atomic E-state index is -3.77. The Morgan fingerprint density at radius 2 is 2.24 bits per heavy atom. The first-order chi connectivity index (χ1) is 12.0. The molecule has 0 radical (unpaired) electrons. The van der Waals surface area contributed by atoms with Gasteiger partial charge in [0.2, 0.25) is 0 Å². The van der Waals surface area contributed by atoms with E-state index in [9.17, 15) is 8.42 Å². The minimum absolute atomic E-state index is 0.230. The highest BCUT2D eigenvalue weighted by molar-refractivity contribution is 7.92. The molecule has 0 spiro atoms. The van der Waals surface area contributed by atoms with Gasteiger partial charge in [-0.2, -0.15) is 18.6 Å². The van der Waals surface area contributed by atoms with Crippen molar-refractivity contribution < 1.29 is 8.42 Å². The van der Waals surface area contributed by atoms with Crippen molar-refractivity contribution in [3.8, 4) is 10.4 Å². The number of hydrogen-bond donors (Lipinski definition) is 2. The number of aromatic nitrogens is 4. The number of sulfonamides is 1. The van der Waals surface area contributed by atoms with Gasteiger partial charge in [-0.1, -0.05) is 13.0 Å². The highest BCUT2D eigenvalue weighted by Gasteiger charge is 2.34. The van der Waals surface area contributed by atoms with Crippen LogP contribution in [0.15, 0.2) is 28.7 Å². The second-order valence-electron chi connectivity index (χ2n) is 6.17. The molecular formula is C16H19N5O2S2. The summed E-state index contributed by atoms with van der Waals surface area (Å²) in [5.74, 6) is 0.629. The van der Waals surface area contributed by atoms with Gasteiger partial charge in [-0.05, 0) is 36.6 Å². The first-order valence-corrected chi connectivity index (χ1v) is 10.5.